The number of H-pyrrole nitrogens is 1. The van der Waals surface area contributed by atoms with Gasteiger partial charge in [0, 0.05) is 28.5 Å². The van der Waals surface area contributed by atoms with Crippen molar-refractivity contribution in [3.05, 3.63) is 47.9 Å². The molecule has 4 aromatic rings. The van der Waals surface area contributed by atoms with Gasteiger partial charge >= 0.3 is 0 Å². The molecule has 1 aliphatic rings. The molecule has 0 amide bonds. The van der Waals surface area contributed by atoms with Crippen LogP contribution in [0, 0.1) is 0 Å². The number of anilines is 1. The number of nitrogens with one attached hydrogen (secondary N) is 2. The second-order valence-electron chi connectivity index (χ2n) is 7.09. The van der Waals surface area contributed by atoms with Gasteiger partial charge in [0.15, 0.2) is 0 Å². The molecule has 0 spiro atoms. The predicted octanol–water partition coefficient (Wildman–Crippen LogP) is 3.65. The Kier molecular flexibility index (Phi) is 4.26. The van der Waals surface area contributed by atoms with E-state index in [1.807, 2.05) is 30.5 Å². The highest BCUT2D eigenvalue weighted by atomic mass is 35.5. The van der Waals surface area contributed by atoms with Crippen LogP contribution < -0.4 is 11.1 Å². The van der Waals surface area contributed by atoms with Crippen LogP contribution in [0.5, 0.6) is 0 Å². The van der Waals surface area contributed by atoms with Gasteiger partial charge in [0.1, 0.15) is 11.6 Å². The van der Waals surface area contributed by atoms with Crippen LogP contribution >= 0.6 is 11.6 Å². The van der Waals surface area contributed by atoms with Gasteiger partial charge in [0.25, 0.3) is 0 Å². The Morgan fingerprint density at radius 2 is 1.96 bits per heavy atom. The molecular weight excluding hydrogens is 374 g/mol. The van der Waals surface area contributed by atoms with Crippen LogP contribution in [0.3, 0.4) is 0 Å². The zero-order valence-corrected chi connectivity index (χ0v) is 15.9. The molecule has 4 N–H and O–H groups in total. The molecule has 3 aromatic heterocycles. The van der Waals surface area contributed by atoms with Crippen molar-refractivity contribution in [3.63, 3.8) is 0 Å². The van der Waals surface area contributed by atoms with Crippen LogP contribution in [0.15, 0.2) is 42.9 Å². The maximum absolute atomic E-state index is 6.15. The van der Waals surface area contributed by atoms with Gasteiger partial charge in [-0.2, -0.15) is 5.10 Å². The topological polar surface area (TPSA) is 97.4 Å². The smallest absolute Gasteiger partial charge is 0.142 e. The lowest BCUT2D eigenvalue weighted by atomic mass is 10.1. The number of rotatable bonds is 3. The van der Waals surface area contributed by atoms with Crippen molar-refractivity contribution in [2.45, 2.75) is 18.9 Å². The number of aromatic amines is 1. The Bertz CT molecular complexity index is 1140. The van der Waals surface area contributed by atoms with Gasteiger partial charge in [-0.3, -0.25) is 4.68 Å². The zero-order valence-electron chi connectivity index (χ0n) is 15.2. The monoisotopic (exact) mass is 393 g/mol. The van der Waals surface area contributed by atoms with Gasteiger partial charge in [-0.05, 0) is 50.2 Å². The molecule has 0 bridgehead atoms. The molecule has 142 valence electrons. The van der Waals surface area contributed by atoms with E-state index in [-0.39, 0.29) is 0 Å². The van der Waals surface area contributed by atoms with E-state index in [1.54, 1.807) is 6.20 Å². The maximum atomic E-state index is 6.15. The first-order valence-corrected chi connectivity index (χ1v) is 9.71. The molecule has 0 unspecified atom stereocenters. The molecule has 0 atom stereocenters. The second kappa shape index (κ2) is 6.92. The van der Waals surface area contributed by atoms with E-state index in [2.05, 4.69) is 36.2 Å². The lowest BCUT2D eigenvalue weighted by Crippen LogP contribution is -2.29. The normalized spacial score (nSPS) is 15.3. The standard InChI is InChI=1S/C20H20ClN7/c21-14-1-2-17-18(8-14)27-20(26-17)16-7-12(9-24-19(16)22)13-10-25-28(11-13)15-3-5-23-6-4-15/h1-2,7-11,15,23H,3-6H2,(H2,22,24)(H,26,27). The summed E-state index contributed by atoms with van der Waals surface area (Å²) in [6.07, 6.45) is 7.94. The van der Waals surface area contributed by atoms with Crippen molar-refractivity contribution < 1.29 is 0 Å². The van der Waals surface area contributed by atoms with E-state index in [0.29, 0.717) is 22.7 Å². The van der Waals surface area contributed by atoms with Crippen LogP contribution in [0.4, 0.5) is 5.82 Å². The molecular formula is C20H20ClN7. The van der Waals surface area contributed by atoms with E-state index in [4.69, 9.17) is 17.3 Å². The summed E-state index contributed by atoms with van der Waals surface area (Å²) in [5.74, 6) is 1.11. The van der Waals surface area contributed by atoms with Gasteiger partial charge in [0.2, 0.25) is 0 Å². The number of benzene rings is 1. The summed E-state index contributed by atoms with van der Waals surface area (Å²) in [6, 6.07) is 8.00. The number of hydrogen-bond acceptors (Lipinski definition) is 5. The molecule has 4 heterocycles. The average molecular weight is 394 g/mol. The lowest BCUT2D eigenvalue weighted by Gasteiger charge is -2.22. The summed E-state index contributed by atoms with van der Waals surface area (Å²) in [5.41, 5.74) is 10.6. The number of aromatic nitrogens is 5. The van der Waals surface area contributed by atoms with Crippen LogP contribution in [-0.4, -0.2) is 37.8 Å². The molecule has 1 aliphatic heterocycles. The molecule has 5 rings (SSSR count). The quantitative estimate of drug-likeness (QED) is 0.493. The van der Waals surface area contributed by atoms with Crippen LogP contribution in [0.25, 0.3) is 33.5 Å². The molecule has 1 aromatic carbocycles. The Morgan fingerprint density at radius 3 is 2.82 bits per heavy atom. The fourth-order valence-corrected chi connectivity index (χ4v) is 3.86. The summed E-state index contributed by atoms with van der Waals surface area (Å²) < 4.78 is 2.06. The summed E-state index contributed by atoms with van der Waals surface area (Å²) >= 11 is 6.08. The Morgan fingerprint density at radius 1 is 1.11 bits per heavy atom. The summed E-state index contributed by atoms with van der Waals surface area (Å²) in [6.45, 7) is 2.06. The van der Waals surface area contributed by atoms with Crippen molar-refractivity contribution in [2.75, 3.05) is 18.8 Å². The number of piperidine rings is 1. The first-order valence-electron chi connectivity index (χ1n) is 9.34. The average Bonchev–Trinajstić information content (AvgIpc) is 3.36. The predicted molar refractivity (Wildman–Crippen MR) is 111 cm³/mol. The highest BCUT2D eigenvalue weighted by Gasteiger charge is 2.17. The van der Waals surface area contributed by atoms with E-state index < -0.39 is 0 Å². The number of imidazole rings is 1. The third kappa shape index (κ3) is 3.12. The fraction of sp³-hybridized carbons (Fsp3) is 0.250. The Balaban J connectivity index is 1.51. The van der Waals surface area contributed by atoms with Gasteiger partial charge in [0.05, 0.1) is 28.8 Å². The first kappa shape index (κ1) is 17.2. The number of pyridine rings is 1. The summed E-state index contributed by atoms with van der Waals surface area (Å²) in [7, 11) is 0. The highest BCUT2D eigenvalue weighted by molar-refractivity contribution is 6.31. The Hall–Kier alpha value is -2.90. The molecule has 8 heteroatoms. The summed E-state index contributed by atoms with van der Waals surface area (Å²) in [5, 5.41) is 8.62. The number of halogens is 1. The van der Waals surface area contributed by atoms with Crippen molar-refractivity contribution in [1.82, 2.24) is 30.0 Å². The van der Waals surface area contributed by atoms with Crippen molar-refractivity contribution >= 4 is 28.5 Å². The van der Waals surface area contributed by atoms with Crippen LogP contribution in [0.2, 0.25) is 5.02 Å². The molecule has 1 fully saturated rings. The molecule has 0 radical (unpaired) electrons. The van der Waals surface area contributed by atoms with E-state index >= 15 is 0 Å². The molecule has 0 aliphatic carbocycles. The second-order valence-corrected chi connectivity index (χ2v) is 7.53. The van der Waals surface area contributed by atoms with Gasteiger partial charge < -0.3 is 16.0 Å². The van der Waals surface area contributed by atoms with Crippen molar-refractivity contribution in [3.8, 4) is 22.5 Å². The number of nitrogens with two attached hydrogens (primary N) is 1. The first-order chi connectivity index (χ1) is 13.7. The molecule has 7 nitrogen and oxygen atoms in total. The summed E-state index contributed by atoms with van der Waals surface area (Å²) in [4.78, 5) is 12.3. The van der Waals surface area contributed by atoms with E-state index in [9.17, 15) is 0 Å². The molecule has 28 heavy (non-hydrogen) atoms. The number of fused-ring (bicyclic) bond motifs is 1. The number of hydrogen-bond donors (Lipinski definition) is 3. The van der Waals surface area contributed by atoms with Gasteiger partial charge in [-0.1, -0.05) is 11.6 Å². The van der Waals surface area contributed by atoms with E-state index in [1.165, 1.54) is 0 Å². The van der Waals surface area contributed by atoms with Gasteiger partial charge in [-0.15, -0.1) is 0 Å². The molecule has 1 saturated heterocycles. The minimum atomic E-state index is 0.430. The van der Waals surface area contributed by atoms with E-state index in [0.717, 1.165) is 53.7 Å². The Labute approximate surface area is 166 Å². The third-order valence-electron chi connectivity index (χ3n) is 5.24. The largest absolute Gasteiger partial charge is 0.383 e. The fourth-order valence-electron chi connectivity index (χ4n) is 3.69. The number of nitrogens with zero attached hydrogens (tertiary/aromatic N) is 4. The minimum Gasteiger partial charge on any atom is -0.383 e. The maximum Gasteiger partial charge on any atom is 0.142 e. The van der Waals surface area contributed by atoms with Crippen molar-refractivity contribution in [1.29, 1.82) is 0 Å². The molecule has 0 saturated carbocycles. The SMILES string of the molecule is Nc1ncc(-c2cnn(C3CCNCC3)c2)cc1-c1nc2ccc(Cl)cc2[nH]1. The minimum absolute atomic E-state index is 0.430. The lowest BCUT2D eigenvalue weighted by molar-refractivity contribution is 0.343. The van der Waals surface area contributed by atoms with Crippen LogP contribution in [-0.2, 0) is 0 Å². The van der Waals surface area contributed by atoms with Crippen LogP contribution in [0.1, 0.15) is 18.9 Å². The van der Waals surface area contributed by atoms with Gasteiger partial charge in [-0.25, -0.2) is 9.97 Å². The highest BCUT2D eigenvalue weighted by Crippen LogP contribution is 2.30. The third-order valence-corrected chi connectivity index (χ3v) is 5.47. The van der Waals surface area contributed by atoms with Crippen molar-refractivity contribution in [2.24, 2.45) is 0 Å². The number of nitrogen functional groups attached to an aromatic ring is 1. The zero-order chi connectivity index (χ0) is 19.1.